The van der Waals surface area contributed by atoms with Crippen molar-refractivity contribution in [1.82, 2.24) is 0 Å². The number of Topliss-reactive ketones (excluding diaryl/α,β-unsaturated/α-hetero) is 1. The molecule has 9 nitrogen and oxygen atoms in total. The number of carbonyl (C=O) groups excluding carboxylic acids is 2. The van der Waals surface area contributed by atoms with Gasteiger partial charge in [-0.3, -0.25) is 24.6 Å². The van der Waals surface area contributed by atoms with Gasteiger partial charge in [0.15, 0.2) is 0 Å². The van der Waals surface area contributed by atoms with Crippen LogP contribution in [-0.2, 0) is 9.59 Å². The summed E-state index contributed by atoms with van der Waals surface area (Å²) in [7, 11) is 2.95. The molecule has 4 rings (SSSR count). The van der Waals surface area contributed by atoms with E-state index in [0.29, 0.717) is 22.7 Å². The largest absolute Gasteiger partial charge is 0.507 e. The molecule has 0 saturated carbocycles. The first-order chi connectivity index (χ1) is 16.4. The van der Waals surface area contributed by atoms with Crippen LogP contribution in [0.15, 0.2) is 78.4 Å². The van der Waals surface area contributed by atoms with Crippen LogP contribution in [0.25, 0.3) is 5.76 Å². The lowest BCUT2D eigenvalue weighted by molar-refractivity contribution is -0.384. The van der Waals surface area contributed by atoms with Crippen LogP contribution in [0.1, 0.15) is 17.2 Å². The number of para-hydroxylation sites is 1. The van der Waals surface area contributed by atoms with E-state index < -0.39 is 28.4 Å². The SMILES string of the molecule is COc1ccc([C@@H]2C(=C(O)c3ccc([N+](=O)[O-])cc3)C(=O)C(=O)N2c2ccccc2)c(OC)c1. The number of hydrogen-bond acceptors (Lipinski definition) is 7. The first kappa shape index (κ1) is 22.5. The number of carbonyl (C=O) groups is 2. The highest BCUT2D eigenvalue weighted by atomic mass is 16.6. The quantitative estimate of drug-likeness (QED) is 0.192. The van der Waals surface area contributed by atoms with Gasteiger partial charge in [-0.05, 0) is 36.4 Å². The fourth-order valence-electron chi connectivity index (χ4n) is 3.92. The minimum atomic E-state index is -1.02. The second kappa shape index (κ2) is 9.07. The zero-order valence-corrected chi connectivity index (χ0v) is 18.3. The van der Waals surface area contributed by atoms with Crippen molar-refractivity contribution >= 4 is 28.8 Å². The minimum Gasteiger partial charge on any atom is -0.507 e. The van der Waals surface area contributed by atoms with Crippen LogP contribution >= 0.6 is 0 Å². The molecule has 1 saturated heterocycles. The van der Waals surface area contributed by atoms with E-state index >= 15 is 0 Å². The van der Waals surface area contributed by atoms with Crippen molar-refractivity contribution in [3.8, 4) is 11.5 Å². The summed E-state index contributed by atoms with van der Waals surface area (Å²) in [5.74, 6) is -1.30. The summed E-state index contributed by atoms with van der Waals surface area (Å²) in [6.45, 7) is 0. The third-order valence-corrected chi connectivity index (χ3v) is 5.57. The van der Waals surface area contributed by atoms with Crippen molar-refractivity contribution in [2.24, 2.45) is 0 Å². The third kappa shape index (κ3) is 3.83. The topological polar surface area (TPSA) is 119 Å². The van der Waals surface area contributed by atoms with Gasteiger partial charge < -0.3 is 14.6 Å². The highest BCUT2D eigenvalue weighted by Gasteiger charge is 2.48. The van der Waals surface area contributed by atoms with E-state index in [9.17, 15) is 24.8 Å². The highest BCUT2D eigenvalue weighted by Crippen LogP contribution is 2.45. The van der Waals surface area contributed by atoms with Gasteiger partial charge in [-0.2, -0.15) is 0 Å². The van der Waals surface area contributed by atoms with Crippen LogP contribution in [0.5, 0.6) is 11.5 Å². The van der Waals surface area contributed by atoms with E-state index in [-0.39, 0.29) is 16.8 Å². The van der Waals surface area contributed by atoms with Gasteiger partial charge in [0.05, 0.1) is 30.8 Å². The summed E-state index contributed by atoms with van der Waals surface area (Å²) >= 11 is 0. The van der Waals surface area contributed by atoms with Crippen LogP contribution in [-0.4, -0.2) is 35.9 Å². The van der Waals surface area contributed by atoms with Gasteiger partial charge in [0.2, 0.25) is 0 Å². The molecule has 172 valence electrons. The number of nitro benzene ring substituents is 1. The molecular weight excluding hydrogens is 440 g/mol. The molecule has 1 atom stereocenters. The normalized spacial score (nSPS) is 17.0. The fourth-order valence-corrected chi connectivity index (χ4v) is 3.92. The number of benzene rings is 3. The van der Waals surface area contributed by atoms with E-state index in [2.05, 4.69) is 0 Å². The average molecular weight is 460 g/mol. The van der Waals surface area contributed by atoms with Gasteiger partial charge in [-0.15, -0.1) is 0 Å². The third-order valence-electron chi connectivity index (χ3n) is 5.57. The predicted octanol–water partition coefficient (Wildman–Crippen LogP) is 4.24. The first-order valence-corrected chi connectivity index (χ1v) is 10.2. The number of aliphatic hydroxyl groups is 1. The number of hydrogen-bond donors (Lipinski definition) is 1. The Morgan fingerprint density at radius 1 is 0.971 bits per heavy atom. The maximum atomic E-state index is 13.2. The molecule has 34 heavy (non-hydrogen) atoms. The summed E-state index contributed by atoms with van der Waals surface area (Å²) in [6.07, 6.45) is 0. The molecule has 0 radical (unpaired) electrons. The Morgan fingerprint density at radius 3 is 2.24 bits per heavy atom. The molecule has 1 N–H and O–H groups in total. The maximum Gasteiger partial charge on any atom is 0.300 e. The van der Waals surface area contributed by atoms with Crippen molar-refractivity contribution in [3.05, 3.63) is 99.6 Å². The molecule has 3 aromatic rings. The fraction of sp³-hybridized carbons (Fsp3) is 0.120. The zero-order chi connectivity index (χ0) is 24.4. The first-order valence-electron chi connectivity index (χ1n) is 10.2. The molecule has 0 aromatic heterocycles. The summed E-state index contributed by atoms with van der Waals surface area (Å²) < 4.78 is 10.8. The standard InChI is InChI=1S/C25H20N2O7/c1-33-18-12-13-19(20(14-18)34-2)22-21(23(28)15-8-10-17(11-9-15)27(31)32)24(29)25(30)26(22)16-6-4-3-5-7-16/h3-14,22,28H,1-2H3/t22-/m1/s1. The number of methoxy groups -OCH3 is 2. The van der Waals surface area contributed by atoms with E-state index in [1.807, 2.05) is 0 Å². The van der Waals surface area contributed by atoms with Gasteiger partial charge in [0.1, 0.15) is 17.3 Å². The lowest BCUT2D eigenvalue weighted by Gasteiger charge is -2.26. The number of aliphatic hydroxyl groups excluding tert-OH is 1. The monoisotopic (exact) mass is 460 g/mol. The van der Waals surface area contributed by atoms with E-state index in [0.717, 1.165) is 0 Å². The van der Waals surface area contributed by atoms with Crippen LogP contribution in [0.2, 0.25) is 0 Å². The Hall–Kier alpha value is -4.66. The Bertz CT molecular complexity index is 1300. The molecule has 9 heteroatoms. The lowest BCUT2D eigenvalue weighted by Crippen LogP contribution is -2.29. The average Bonchev–Trinajstić information content (AvgIpc) is 3.13. The molecule has 0 bridgehead atoms. The van der Waals surface area contributed by atoms with Crippen molar-refractivity contribution in [3.63, 3.8) is 0 Å². The number of rotatable bonds is 6. The van der Waals surface area contributed by atoms with Crippen LogP contribution in [0.4, 0.5) is 11.4 Å². The van der Waals surface area contributed by atoms with Crippen molar-refractivity contribution in [1.29, 1.82) is 0 Å². The molecule has 0 spiro atoms. The predicted molar refractivity (Wildman–Crippen MR) is 124 cm³/mol. The Morgan fingerprint density at radius 2 is 1.65 bits per heavy atom. The van der Waals surface area contributed by atoms with Crippen LogP contribution in [0, 0.1) is 10.1 Å². The molecule has 0 unspecified atom stereocenters. The zero-order valence-electron chi connectivity index (χ0n) is 18.3. The molecule has 1 aliphatic heterocycles. The minimum absolute atomic E-state index is 0.161. The lowest BCUT2D eigenvalue weighted by atomic mass is 9.94. The van der Waals surface area contributed by atoms with Crippen molar-refractivity contribution in [2.45, 2.75) is 6.04 Å². The number of nitrogens with zero attached hydrogens (tertiary/aromatic N) is 2. The van der Waals surface area contributed by atoms with Crippen LogP contribution < -0.4 is 14.4 Å². The number of anilines is 1. The molecule has 1 heterocycles. The highest BCUT2D eigenvalue weighted by molar-refractivity contribution is 6.51. The maximum absolute atomic E-state index is 13.2. The van der Waals surface area contributed by atoms with E-state index in [4.69, 9.17) is 9.47 Å². The summed E-state index contributed by atoms with van der Waals surface area (Å²) in [5.41, 5.74) is 0.736. The van der Waals surface area contributed by atoms with Gasteiger partial charge in [-0.1, -0.05) is 18.2 Å². The molecule has 1 amide bonds. The number of amides is 1. The van der Waals surface area contributed by atoms with Gasteiger partial charge in [0.25, 0.3) is 17.4 Å². The second-order valence-corrected chi connectivity index (χ2v) is 7.42. The molecule has 0 aliphatic carbocycles. The van der Waals surface area contributed by atoms with Gasteiger partial charge in [0, 0.05) is 35.0 Å². The van der Waals surface area contributed by atoms with Gasteiger partial charge >= 0.3 is 0 Å². The number of non-ortho nitro benzene ring substituents is 1. The molecular formula is C25H20N2O7. The van der Waals surface area contributed by atoms with E-state index in [1.165, 1.54) is 43.4 Å². The van der Waals surface area contributed by atoms with Crippen molar-refractivity contribution < 1.29 is 29.1 Å². The summed E-state index contributed by atoms with van der Waals surface area (Å²) in [4.78, 5) is 38.1. The number of ketones is 1. The second-order valence-electron chi connectivity index (χ2n) is 7.42. The summed E-state index contributed by atoms with van der Waals surface area (Å²) in [6, 6.07) is 17.6. The molecule has 3 aromatic carbocycles. The number of nitro groups is 1. The number of ether oxygens (including phenoxy) is 2. The van der Waals surface area contributed by atoms with Crippen molar-refractivity contribution in [2.75, 3.05) is 19.1 Å². The molecule has 1 aliphatic rings. The van der Waals surface area contributed by atoms with Gasteiger partial charge in [-0.25, -0.2) is 0 Å². The Kier molecular flexibility index (Phi) is 6.01. The smallest absolute Gasteiger partial charge is 0.300 e. The Balaban J connectivity index is 1.96. The molecule has 1 fully saturated rings. The van der Waals surface area contributed by atoms with Crippen LogP contribution in [0.3, 0.4) is 0 Å². The summed E-state index contributed by atoms with van der Waals surface area (Å²) in [5, 5.41) is 22.1. The van der Waals surface area contributed by atoms with E-state index in [1.54, 1.807) is 48.5 Å². The Labute approximate surface area is 194 Å².